The average molecular weight is 391 g/mol. The summed E-state index contributed by atoms with van der Waals surface area (Å²) in [5, 5.41) is 0. The van der Waals surface area contributed by atoms with Crippen molar-refractivity contribution in [3.05, 3.63) is 57.6 Å². The summed E-state index contributed by atoms with van der Waals surface area (Å²) in [6.45, 7) is 7.44. The lowest BCUT2D eigenvalue weighted by Crippen LogP contribution is -2.25. The van der Waals surface area contributed by atoms with Crippen molar-refractivity contribution in [1.29, 1.82) is 0 Å². The predicted octanol–water partition coefficient (Wildman–Crippen LogP) is 3.19. The van der Waals surface area contributed by atoms with Gasteiger partial charge in [0, 0.05) is 6.54 Å². The number of carbonyl (C=O) groups is 1. The highest BCUT2D eigenvalue weighted by molar-refractivity contribution is 7.89. The maximum atomic E-state index is 12.9. The molecule has 0 aliphatic carbocycles. The van der Waals surface area contributed by atoms with Crippen molar-refractivity contribution in [3.63, 3.8) is 0 Å². The van der Waals surface area contributed by atoms with Crippen molar-refractivity contribution in [2.75, 3.05) is 14.2 Å². The molecule has 6 nitrogen and oxygen atoms in total. The lowest BCUT2D eigenvalue weighted by atomic mass is 10.0. The van der Waals surface area contributed by atoms with E-state index >= 15 is 0 Å². The minimum atomic E-state index is -3.72. The van der Waals surface area contributed by atoms with E-state index in [0.717, 1.165) is 22.3 Å². The minimum Gasteiger partial charge on any atom is -0.496 e. The summed E-state index contributed by atoms with van der Waals surface area (Å²) in [7, 11) is -0.982. The molecule has 0 saturated carbocycles. The Bertz CT molecular complexity index is 954. The fourth-order valence-corrected chi connectivity index (χ4v) is 4.60. The van der Waals surface area contributed by atoms with E-state index in [4.69, 9.17) is 9.47 Å². The summed E-state index contributed by atoms with van der Waals surface area (Å²) < 4.78 is 38.4. The number of aryl methyl sites for hydroxylation is 2. The average Bonchev–Trinajstić information content (AvgIpc) is 2.64. The summed E-state index contributed by atoms with van der Waals surface area (Å²) in [5.41, 5.74) is 4.19. The molecule has 0 atom stereocenters. The predicted molar refractivity (Wildman–Crippen MR) is 104 cm³/mol. The summed E-state index contributed by atoms with van der Waals surface area (Å²) in [5.74, 6) is -0.174. The molecule has 0 spiro atoms. The first-order chi connectivity index (χ1) is 12.6. The van der Waals surface area contributed by atoms with Gasteiger partial charge in [0.1, 0.15) is 11.3 Å². The number of ether oxygens (including phenoxy) is 2. The molecule has 0 amide bonds. The second-order valence-corrected chi connectivity index (χ2v) is 8.14. The number of rotatable bonds is 6. The van der Waals surface area contributed by atoms with Crippen LogP contribution < -0.4 is 9.46 Å². The van der Waals surface area contributed by atoms with E-state index in [0.29, 0.717) is 16.2 Å². The Labute approximate surface area is 160 Å². The summed E-state index contributed by atoms with van der Waals surface area (Å²) in [6.07, 6.45) is 0. The van der Waals surface area contributed by atoms with Gasteiger partial charge in [-0.15, -0.1) is 0 Å². The maximum absolute atomic E-state index is 12.9. The van der Waals surface area contributed by atoms with Gasteiger partial charge in [0.15, 0.2) is 0 Å². The largest absolute Gasteiger partial charge is 0.496 e. The van der Waals surface area contributed by atoms with E-state index in [2.05, 4.69) is 4.72 Å². The standard InChI is InChI=1S/C20H25NO5S/c1-12-9-13(2)15(4)19(14(12)3)27(23,24)21-11-16-7-8-18(25-5)17(10-16)20(22)26-6/h7-10,21H,11H2,1-6H3. The Morgan fingerprint density at radius 2 is 1.59 bits per heavy atom. The Hall–Kier alpha value is -2.38. The van der Waals surface area contributed by atoms with Crippen LogP contribution in [-0.4, -0.2) is 28.6 Å². The van der Waals surface area contributed by atoms with Crippen LogP contribution in [0.4, 0.5) is 0 Å². The number of esters is 1. The number of sulfonamides is 1. The minimum absolute atomic E-state index is 0.0438. The van der Waals surface area contributed by atoms with Gasteiger partial charge in [0.2, 0.25) is 10.0 Å². The molecule has 0 fully saturated rings. The molecule has 0 unspecified atom stereocenters. The highest BCUT2D eigenvalue weighted by Gasteiger charge is 2.22. The zero-order chi connectivity index (χ0) is 20.4. The van der Waals surface area contributed by atoms with E-state index in [1.165, 1.54) is 14.2 Å². The number of methoxy groups -OCH3 is 2. The fraction of sp³-hybridized carbons (Fsp3) is 0.350. The maximum Gasteiger partial charge on any atom is 0.341 e. The van der Waals surface area contributed by atoms with Gasteiger partial charge in [0.05, 0.1) is 19.1 Å². The first-order valence-corrected chi connectivity index (χ1v) is 9.93. The van der Waals surface area contributed by atoms with Crippen LogP contribution in [0.2, 0.25) is 0 Å². The van der Waals surface area contributed by atoms with Crippen molar-refractivity contribution in [3.8, 4) is 5.75 Å². The second-order valence-electron chi connectivity index (χ2n) is 6.44. The lowest BCUT2D eigenvalue weighted by Gasteiger charge is -2.16. The van der Waals surface area contributed by atoms with Gasteiger partial charge in [0.25, 0.3) is 0 Å². The Morgan fingerprint density at radius 3 is 2.11 bits per heavy atom. The fourth-order valence-electron chi connectivity index (χ4n) is 2.97. The lowest BCUT2D eigenvalue weighted by molar-refractivity contribution is 0.0597. The van der Waals surface area contributed by atoms with Crippen LogP contribution in [0.1, 0.15) is 38.2 Å². The molecule has 27 heavy (non-hydrogen) atoms. The molecule has 7 heteroatoms. The van der Waals surface area contributed by atoms with Gasteiger partial charge in [-0.2, -0.15) is 0 Å². The monoisotopic (exact) mass is 391 g/mol. The SMILES string of the molecule is COC(=O)c1cc(CNS(=O)(=O)c2c(C)c(C)cc(C)c2C)ccc1OC. The van der Waals surface area contributed by atoms with E-state index in [9.17, 15) is 13.2 Å². The van der Waals surface area contributed by atoms with Crippen LogP contribution in [0.3, 0.4) is 0 Å². The molecular weight excluding hydrogens is 366 g/mol. The molecule has 0 heterocycles. The molecule has 2 aromatic rings. The first kappa shape index (κ1) is 20.9. The van der Waals surface area contributed by atoms with Crippen molar-refractivity contribution in [2.45, 2.75) is 39.1 Å². The molecule has 146 valence electrons. The third kappa shape index (κ3) is 4.31. The van der Waals surface area contributed by atoms with Crippen LogP contribution in [0.25, 0.3) is 0 Å². The summed E-state index contributed by atoms with van der Waals surface area (Å²) in [4.78, 5) is 12.2. The highest BCUT2D eigenvalue weighted by atomic mass is 32.2. The van der Waals surface area contributed by atoms with Crippen LogP contribution in [0.5, 0.6) is 5.75 Å². The number of hydrogen-bond acceptors (Lipinski definition) is 5. The van der Waals surface area contributed by atoms with Gasteiger partial charge in [-0.1, -0.05) is 12.1 Å². The van der Waals surface area contributed by atoms with Crippen LogP contribution in [-0.2, 0) is 21.3 Å². The molecule has 2 aromatic carbocycles. The van der Waals surface area contributed by atoms with Crippen molar-refractivity contribution in [1.82, 2.24) is 4.72 Å². The summed E-state index contributed by atoms with van der Waals surface area (Å²) in [6, 6.07) is 6.86. The zero-order valence-electron chi connectivity index (χ0n) is 16.5. The highest BCUT2D eigenvalue weighted by Crippen LogP contribution is 2.26. The quantitative estimate of drug-likeness (QED) is 0.765. The molecule has 1 N–H and O–H groups in total. The van der Waals surface area contributed by atoms with Gasteiger partial charge >= 0.3 is 5.97 Å². The molecule has 0 aromatic heterocycles. The van der Waals surface area contributed by atoms with Gasteiger partial charge < -0.3 is 9.47 Å². The molecule has 0 bridgehead atoms. The van der Waals surface area contributed by atoms with Crippen molar-refractivity contribution in [2.24, 2.45) is 0 Å². The van der Waals surface area contributed by atoms with Crippen LogP contribution in [0, 0.1) is 27.7 Å². The van der Waals surface area contributed by atoms with Gasteiger partial charge in [-0.3, -0.25) is 0 Å². The van der Waals surface area contributed by atoms with Crippen molar-refractivity contribution >= 4 is 16.0 Å². The third-order valence-electron chi connectivity index (χ3n) is 4.70. The van der Waals surface area contributed by atoms with E-state index < -0.39 is 16.0 Å². The van der Waals surface area contributed by atoms with Gasteiger partial charge in [-0.05, 0) is 67.6 Å². The smallest absolute Gasteiger partial charge is 0.341 e. The van der Waals surface area contributed by atoms with Crippen LogP contribution >= 0.6 is 0 Å². The summed E-state index contributed by atoms with van der Waals surface area (Å²) >= 11 is 0. The molecular formula is C20H25NO5S. The molecule has 2 rings (SSSR count). The van der Waals surface area contributed by atoms with E-state index in [-0.39, 0.29) is 12.1 Å². The topological polar surface area (TPSA) is 81.7 Å². The Kier molecular flexibility index (Phi) is 6.28. The van der Waals surface area contributed by atoms with E-state index in [1.54, 1.807) is 32.0 Å². The second kappa shape index (κ2) is 8.10. The van der Waals surface area contributed by atoms with Gasteiger partial charge in [-0.25, -0.2) is 17.9 Å². The third-order valence-corrected chi connectivity index (χ3v) is 6.38. The number of carbonyl (C=O) groups excluding carboxylic acids is 1. The normalized spacial score (nSPS) is 11.3. The van der Waals surface area contributed by atoms with Crippen LogP contribution in [0.15, 0.2) is 29.2 Å². The molecule has 0 saturated heterocycles. The van der Waals surface area contributed by atoms with Crippen molar-refractivity contribution < 1.29 is 22.7 Å². The zero-order valence-corrected chi connectivity index (χ0v) is 17.3. The number of nitrogens with one attached hydrogen (secondary N) is 1. The number of hydrogen-bond donors (Lipinski definition) is 1. The molecule has 0 aliphatic heterocycles. The molecule has 0 aliphatic rings. The Morgan fingerprint density at radius 1 is 1.00 bits per heavy atom. The van der Waals surface area contributed by atoms with E-state index in [1.807, 2.05) is 19.9 Å². The molecule has 0 radical (unpaired) electrons. The Balaban J connectivity index is 2.35. The number of benzene rings is 2. The first-order valence-electron chi connectivity index (χ1n) is 8.44.